The second-order valence-corrected chi connectivity index (χ2v) is 6.76. The van der Waals surface area contributed by atoms with Crippen molar-refractivity contribution in [1.29, 1.82) is 0 Å². The number of imide groups is 1. The molecule has 0 aromatic heterocycles. The molecule has 1 aromatic carbocycles. The van der Waals surface area contributed by atoms with Gasteiger partial charge in [-0.25, -0.2) is 0 Å². The third-order valence-electron chi connectivity index (χ3n) is 5.47. The minimum Gasteiger partial charge on any atom is -0.296 e. The van der Waals surface area contributed by atoms with Crippen LogP contribution in [0.5, 0.6) is 0 Å². The molecule has 1 aliphatic carbocycles. The predicted molar refractivity (Wildman–Crippen MR) is 81.8 cm³/mol. The van der Waals surface area contributed by atoms with E-state index in [4.69, 9.17) is 0 Å². The fraction of sp³-hybridized carbons (Fsp3) is 0.556. The Hall–Kier alpha value is -1.64. The molecule has 1 saturated carbocycles. The van der Waals surface area contributed by atoms with E-state index in [1.165, 1.54) is 0 Å². The summed E-state index contributed by atoms with van der Waals surface area (Å²) < 4.78 is 0. The summed E-state index contributed by atoms with van der Waals surface area (Å²) in [7, 11) is 0. The van der Waals surface area contributed by atoms with Gasteiger partial charge in [-0.2, -0.15) is 0 Å². The highest BCUT2D eigenvalue weighted by molar-refractivity contribution is 6.02. The Morgan fingerprint density at radius 2 is 2.05 bits per heavy atom. The highest BCUT2D eigenvalue weighted by atomic mass is 16.2. The van der Waals surface area contributed by atoms with Crippen molar-refractivity contribution in [3.05, 3.63) is 35.4 Å². The minimum absolute atomic E-state index is 0.0958. The molecule has 2 aliphatic rings. The number of amides is 2. The van der Waals surface area contributed by atoms with Crippen molar-refractivity contribution in [2.24, 2.45) is 11.3 Å². The first-order chi connectivity index (χ1) is 10.1. The summed E-state index contributed by atoms with van der Waals surface area (Å²) in [6.45, 7) is 4.26. The van der Waals surface area contributed by atoms with Gasteiger partial charge in [-0.15, -0.1) is 0 Å². The largest absolute Gasteiger partial charge is 0.296 e. The van der Waals surface area contributed by atoms with Crippen LogP contribution in [0.4, 0.5) is 0 Å². The van der Waals surface area contributed by atoms with E-state index in [0.717, 1.165) is 36.8 Å². The molecule has 0 bridgehead atoms. The molecule has 21 heavy (non-hydrogen) atoms. The Balaban J connectivity index is 2.04. The van der Waals surface area contributed by atoms with Crippen LogP contribution in [-0.2, 0) is 9.59 Å². The molecule has 3 rings (SSSR count). The first-order valence-electron chi connectivity index (χ1n) is 7.95. The zero-order chi connectivity index (χ0) is 15.0. The van der Waals surface area contributed by atoms with Crippen molar-refractivity contribution in [3.63, 3.8) is 0 Å². The fourth-order valence-corrected chi connectivity index (χ4v) is 4.38. The second kappa shape index (κ2) is 5.28. The van der Waals surface area contributed by atoms with E-state index in [9.17, 15) is 9.59 Å². The lowest BCUT2D eigenvalue weighted by molar-refractivity contribution is -0.140. The summed E-state index contributed by atoms with van der Waals surface area (Å²) in [4.78, 5) is 24.5. The number of carbonyl (C=O) groups is 2. The number of hydrogen-bond donors (Lipinski definition) is 1. The Bertz CT molecular complexity index is 580. The van der Waals surface area contributed by atoms with Crippen LogP contribution in [0.3, 0.4) is 0 Å². The zero-order valence-electron chi connectivity index (χ0n) is 12.8. The zero-order valence-corrected chi connectivity index (χ0v) is 12.8. The number of rotatable bonds is 2. The topological polar surface area (TPSA) is 46.2 Å². The highest BCUT2D eigenvalue weighted by Crippen LogP contribution is 2.55. The van der Waals surface area contributed by atoms with E-state index in [2.05, 4.69) is 31.3 Å². The third kappa shape index (κ3) is 2.39. The van der Waals surface area contributed by atoms with Gasteiger partial charge in [0.05, 0.1) is 5.92 Å². The molecular weight excluding hydrogens is 262 g/mol. The van der Waals surface area contributed by atoms with Gasteiger partial charge in [0.15, 0.2) is 0 Å². The summed E-state index contributed by atoms with van der Waals surface area (Å²) in [6, 6.07) is 8.10. The number of aryl methyl sites for hydroxylation is 1. The van der Waals surface area contributed by atoms with E-state index < -0.39 is 0 Å². The van der Waals surface area contributed by atoms with Gasteiger partial charge in [-0.3, -0.25) is 14.9 Å². The molecule has 2 amide bonds. The summed E-state index contributed by atoms with van der Waals surface area (Å²) in [5.74, 6) is 0.280. The summed E-state index contributed by atoms with van der Waals surface area (Å²) in [5.41, 5.74) is 2.08. The molecule has 1 N–H and O–H groups in total. The number of nitrogens with one attached hydrogen (secondary N) is 1. The maximum Gasteiger partial charge on any atom is 0.234 e. The molecule has 1 aliphatic heterocycles. The Morgan fingerprint density at radius 1 is 1.29 bits per heavy atom. The van der Waals surface area contributed by atoms with Gasteiger partial charge < -0.3 is 0 Å². The van der Waals surface area contributed by atoms with Gasteiger partial charge in [-0.05, 0) is 48.6 Å². The molecule has 1 saturated heterocycles. The van der Waals surface area contributed by atoms with E-state index >= 15 is 0 Å². The van der Waals surface area contributed by atoms with Crippen molar-refractivity contribution in [2.45, 2.75) is 51.9 Å². The van der Waals surface area contributed by atoms with Crippen LogP contribution in [0.2, 0.25) is 0 Å². The molecule has 3 nitrogen and oxygen atoms in total. The Kier molecular flexibility index (Phi) is 3.60. The minimum atomic E-state index is -0.173. The number of benzene rings is 1. The normalized spacial score (nSPS) is 32.5. The quantitative estimate of drug-likeness (QED) is 0.847. The van der Waals surface area contributed by atoms with Crippen molar-refractivity contribution in [1.82, 2.24) is 5.32 Å². The monoisotopic (exact) mass is 285 g/mol. The SMILES string of the molecule is CCC1CCC2(CC(=O)NC(=O)C2c2ccccc2C)C1. The van der Waals surface area contributed by atoms with Crippen LogP contribution in [0.25, 0.3) is 0 Å². The number of piperidine rings is 1. The summed E-state index contributed by atoms with van der Waals surface area (Å²) in [5, 5.41) is 2.56. The van der Waals surface area contributed by atoms with Crippen LogP contribution in [-0.4, -0.2) is 11.8 Å². The van der Waals surface area contributed by atoms with Crippen molar-refractivity contribution >= 4 is 11.8 Å². The van der Waals surface area contributed by atoms with Crippen LogP contribution in [0.15, 0.2) is 24.3 Å². The number of carbonyl (C=O) groups excluding carboxylic acids is 2. The molecule has 0 radical (unpaired) electrons. The first-order valence-corrected chi connectivity index (χ1v) is 7.95. The highest BCUT2D eigenvalue weighted by Gasteiger charge is 2.52. The first kappa shape index (κ1) is 14.3. The van der Waals surface area contributed by atoms with Crippen LogP contribution >= 0.6 is 0 Å². The maximum atomic E-state index is 12.6. The summed E-state index contributed by atoms with van der Waals surface area (Å²) in [6.07, 6.45) is 4.76. The predicted octanol–water partition coefficient (Wildman–Crippen LogP) is 3.32. The van der Waals surface area contributed by atoms with Gasteiger partial charge in [0.25, 0.3) is 0 Å². The number of hydrogen-bond acceptors (Lipinski definition) is 2. The molecular formula is C18H23NO2. The molecule has 112 valence electrons. The van der Waals surface area contributed by atoms with E-state index in [1.54, 1.807) is 0 Å². The standard InChI is InChI=1S/C18H23NO2/c1-3-13-8-9-18(10-13)11-15(20)19-17(21)16(18)14-7-5-4-6-12(14)2/h4-7,13,16H,3,8-11H2,1-2H3,(H,19,20,21). The lowest BCUT2D eigenvalue weighted by Crippen LogP contribution is -2.50. The maximum absolute atomic E-state index is 12.6. The van der Waals surface area contributed by atoms with Gasteiger partial charge in [0.1, 0.15) is 0 Å². The van der Waals surface area contributed by atoms with Crippen molar-refractivity contribution in [2.75, 3.05) is 0 Å². The van der Waals surface area contributed by atoms with Crippen LogP contribution in [0, 0.1) is 18.3 Å². The summed E-state index contributed by atoms with van der Waals surface area (Å²) >= 11 is 0. The van der Waals surface area contributed by atoms with Crippen molar-refractivity contribution < 1.29 is 9.59 Å². The van der Waals surface area contributed by atoms with E-state index in [-0.39, 0.29) is 23.1 Å². The van der Waals surface area contributed by atoms with Crippen LogP contribution < -0.4 is 5.32 Å². The van der Waals surface area contributed by atoms with Crippen LogP contribution in [0.1, 0.15) is 56.1 Å². The molecule has 1 aromatic rings. The fourth-order valence-electron chi connectivity index (χ4n) is 4.38. The lowest BCUT2D eigenvalue weighted by atomic mass is 9.65. The van der Waals surface area contributed by atoms with Gasteiger partial charge in [0.2, 0.25) is 11.8 Å². The lowest BCUT2D eigenvalue weighted by Gasteiger charge is -2.41. The molecule has 2 fully saturated rings. The van der Waals surface area contributed by atoms with E-state index in [0.29, 0.717) is 12.3 Å². The van der Waals surface area contributed by atoms with Gasteiger partial charge in [-0.1, -0.05) is 37.6 Å². The third-order valence-corrected chi connectivity index (χ3v) is 5.47. The van der Waals surface area contributed by atoms with Gasteiger partial charge >= 0.3 is 0 Å². The molecule has 3 atom stereocenters. The Labute approximate surface area is 126 Å². The molecule has 1 heterocycles. The molecule has 3 unspecified atom stereocenters. The smallest absolute Gasteiger partial charge is 0.234 e. The Morgan fingerprint density at radius 3 is 2.71 bits per heavy atom. The molecule has 1 spiro atoms. The average molecular weight is 285 g/mol. The van der Waals surface area contributed by atoms with E-state index in [1.807, 2.05) is 12.1 Å². The van der Waals surface area contributed by atoms with Crippen molar-refractivity contribution in [3.8, 4) is 0 Å². The molecule has 3 heteroatoms. The van der Waals surface area contributed by atoms with Gasteiger partial charge in [0, 0.05) is 6.42 Å². The second-order valence-electron chi connectivity index (χ2n) is 6.76. The average Bonchev–Trinajstić information content (AvgIpc) is 2.83.